The highest BCUT2D eigenvalue weighted by molar-refractivity contribution is 5.76. The molecule has 56 valence electrons. The minimum Gasteiger partial charge on any atom is -0.402 e. The predicted molar refractivity (Wildman–Crippen MR) is 45.1 cm³/mol. The fourth-order valence-corrected chi connectivity index (χ4v) is 0.569. The Morgan fingerprint density at radius 1 is 1.20 bits per heavy atom. The first-order valence-corrected chi connectivity index (χ1v) is 3.19. The predicted octanol–water partition coefficient (Wildman–Crippen LogP) is 1.83. The van der Waals surface area contributed by atoms with Crippen molar-refractivity contribution in [2.45, 2.75) is 20.8 Å². The normalized spacial score (nSPS) is 14.5. The molecule has 0 amide bonds. The summed E-state index contributed by atoms with van der Waals surface area (Å²) in [5.74, 6) is 0. The Morgan fingerprint density at radius 3 is 2.00 bits per heavy atom. The van der Waals surface area contributed by atoms with Gasteiger partial charge in [0.05, 0.1) is 0 Å². The Balaban J connectivity index is 4.48. The average Bonchev–Trinajstić information content (AvgIpc) is 1.85. The van der Waals surface area contributed by atoms with Crippen LogP contribution in [0.2, 0.25) is 0 Å². The number of nitrogens with one attached hydrogen (secondary N) is 1. The second kappa shape index (κ2) is 3.88. The molecule has 0 fully saturated rings. The summed E-state index contributed by atoms with van der Waals surface area (Å²) in [6.45, 7) is 5.67. The van der Waals surface area contributed by atoms with Gasteiger partial charge in [0.2, 0.25) is 0 Å². The van der Waals surface area contributed by atoms with Gasteiger partial charge in [0.25, 0.3) is 0 Å². The first-order chi connectivity index (χ1) is 4.57. The topological polar surface area (TPSA) is 49.9 Å². The molecule has 0 rings (SSSR count). The summed E-state index contributed by atoms with van der Waals surface area (Å²) in [5, 5.41) is 6.93. The standard InChI is InChI=1S/C8H14N2/c1-6(4-8(3)10)7(2)5-9/h4-5,9H,10H2,1-3H3/b7-6-,8-4+,9-5?. The Bertz CT molecular complexity index is 183. The molecule has 0 bridgehead atoms. The lowest BCUT2D eigenvalue weighted by molar-refractivity contribution is 1.27. The van der Waals surface area contributed by atoms with E-state index < -0.39 is 0 Å². The van der Waals surface area contributed by atoms with Crippen LogP contribution in [0.25, 0.3) is 0 Å². The molecule has 3 N–H and O–H groups in total. The van der Waals surface area contributed by atoms with Gasteiger partial charge in [-0.3, -0.25) is 0 Å². The molecule has 0 aromatic carbocycles. The summed E-state index contributed by atoms with van der Waals surface area (Å²) in [6, 6.07) is 0. The molecule has 10 heavy (non-hydrogen) atoms. The van der Waals surface area contributed by atoms with Crippen LogP contribution in [-0.4, -0.2) is 6.21 Å². The van der Waals surface area contributed by atoms with E-state index in [1.54, 1.807) is 0 Å². The van der Waals surface area contributed by atoms with Gasteiger partial charge in [0, 0.05) is 11.9 Å². The molecule has 0 radical (unpaired) electrons. The minimum atomic E-state index is 0.777. The van der Waals surface area contributed by atoms with E-state index in [4.69, 9.17) is 11.1 Å². The first-order valence-electron chi connectivity index (χ1n) is 3.19. The molecule has 0 aromatic rings. The fourth-order valence-electron chi connectivity index (χ4n) is 0.569. The first kappa shape index (κ1) is 8.95. The molecule has 0 spiro atoms. The van der Waals surface area contributed by atoms with E-state index in [1.807, 2.05) is 26.8 Å². The maximum absolute atomic E-state index is 6.93. The van der Waals surface area contributed by atoms with Crippen molar-refractivity contribution >= 4 is 6.21 Å². The molecule has 0 saturated heterocycles. The molecular formula is C8H14N2. The zero-order valence-corrected chi connectivity index (χ0v) is 6.73. The lowest BCUT2D eigenvalue weighted by Crippen LogP contribution is -1.91. The summed E-state index contributed by atoms with van der Waals surface area (Å²) < 4.78 is 0. The van der Waals surface area contributed by atoms with Gasteiger partial charge in [-0.2, -0.15) is 0 Å². The minimum absolute atomic E-state index is 0.777. The van der Waals surface area contributed by atoms with Gasteiger partial charge in [-0.25, -0.2) is 0 Å². The Hall–Kier alpha value is -1.05. The van der Waals surface area contributed by atoms with Gasteiger partial charge >= 0.3 is 0 Å². The molecule has 0 aliphatic rings. The zero-order chi connectivity index (χ0) is 8.15. The zero-order valence-electron chi connectivity index (χ0n) is 6.73. The second-order valence-electron chi connectivity index (χ2n) is 2.40. The highest BCUT2D eigenvalue weighted by Gasteiger charge is 1.88. The van der Waals surface area contributed by atoms with Crippen LogP contribution in [0.1, 0.15) is 20.8 Å². The van der Waals surface area contributed by atoms with E-state index in [1.165, 1.54) is 6.21 Å². The van der Waals surface area contributed by atoms with Gasteiger partial charge in [-0.15, -0.1) is 0 Å². The van der Waals surface area contributed by atoms with Crippen molar-refractivity contribution in [1.82, 2.24) is 0 Å². The van der Waals surface area contributed by atoms with Crippen LogP contribution in [0, 0.1) is 5.41 Å². The lowest BCUT2D eigenvalue weighted by atomic mass is 10.1. The monoisotopic (exact) mass is 138 g/mol. The van der Waals surface area contributed by atoms with Gasteiger partial charge < -0.3 is 11.1 Å². The van der Waals surface area contributed by atoms with Gasteiger partial charge in [0.15, 0.2) is 0 Å². The van der Waals surface area contributed by atoms with Crippen molar-refractivity contribution < 1.29 is 0 Å². The molecule has 0 aromatic heterocycles. The Labute approximate surface area is 61.9 Å². The van der Waals surface area contributed by atoms with Gasteiger partial charge in [-0.05, 0) is 38.0 Å². The van der Waals surface area contributed by atoms with Crippen LogP contribution in [0.5, 0.6) is 0 Å². The van der Waals surface area contributed by atoms with Gasteiger partial charge in [-0.1, -0.05) is 0 Å². The smallest absolute Gasteiger partial charge is 0.0209 e. The average molecular weight is 138 g/mol. The summed E-state index contributed by atoms with van der Waals surface area (Å²) in [4.78, 5) is 0. The van der Waals surface area contributed by atoms with Crippen molar-refractivity contribution in [3.63, 3.8) is 0 Å². The maximum atomic E-state index is 6.93. The third kappa shape index (κ3) is 3.07. The maximum Gasteiger partial charge on any atom is 0.0209 e. The molecule has 0 unspecified atom stereocenters. The highest BCUT2D eigenvalue weighted by Crippen LogP contribution is 2.02. The number of hydrogen-bond acceptors (Lipinski definition) is 2. The summed E-state index contributed by atoms with van der Waals surface area (Å²) >= 11 is 0. The largest absolute Gasteiger partial charge is 0.402 e. The van der Waals surface area contributed by atoms with E-state index in [2.05, 4.69) is 0 Å². The van der Waals surface area contributed by atoms with Crippen molar-refractivity contribution in [2.75, 3.05) is 0 Å². The molecule has 0 aliphatic heterocycles. The second-order valence-corrected chi connectivity index (χ2v) is 2.40. The van der Waals surface area contributed by atoms with Crippen LogP contribution in [0.3, 0.4) is 0 Å². The third-order valence-electron chi connectivity index (χ3n) is 1.28. The molecule has 2 nitrogen and oxygen atoms in total. The SMILES string of the molecule is C/C(C=N)=C(C)/C=C(\C)N. The summed E-state index contributed by atoms with van der Waals surface area (Å²) in [7, 11) is 0. The third-order valence-corrected chi connectivity index (χ3v) is 1.28. The molecular weight excluding hydrogens is 124 g/mol. The molecule has 0 heterocycles. The van der Waals surface area contributed by atoms with E-state index >= 15 is 0 Å². The van der Waals surface area contributed by atoms with E-state index in [9.17, 15) is 0 Å². The van der Waals surface area contributed by atoms with Gasteiger partial charge in [0.1, 0.15) is 0 Å². The van der Waals surface area contributed by atoms with E-state index in [-0.39, 0.29) is 0 Å². The number of allylic oxidation sites excluding steroid dienone is 4. The molecule has 0 aliphatic carbocycles. The molecule has 0 saturated carbocycles. The van der Waals surface area contributed by atoms with E-state index in [0.29, 0.717) is 0 Å². The van der Waals surface area contributed by atoms with Crippen LogP contribution in [-0.2, 0) is 0 Å². The van der Waals surface area contributed by atoms with Crippen LogP contribution in [0.15, 0.2) is 22.9 Å². The van der Waals surface area contributed by atoms with Crippen LogP contribution < -0.4 is 5.73 Å². The quantitative estimate of drug-likeness (QED) is 0.444. The molecule has 0 atom stereocenters. The highest BCUT2D eigenvalue weighted by atomic mass is 14.5. The van der Waals surface area contributed by atoms with Crippen LogP contribution >= 0.6 is 0 Å². The van der Waals surface area contributed by atoms with E-state index in [0.717, 1.165) is 16.8 Å². The Kier molecular flexibility index (Phi) is 3.47. The number of hydrogen-bond donors (Lipinski definition) is 2. The fraction of sp³-hybridized carbons (Fsp3) is 0.375. The number of rotatable bonds is 2. The summed E-state index contributed by atoms with van der Waals surface area (Å²) in [5.41, 5.74) is 8.21. The van der Waals surface area contributed by atoms with Crippen LogP contribution in [0.4, 0.5) is 0 Å². The summed E-state index contributed by atoms with van der Waals surface area (Å²) in [6.07, 6.45) is 3.19. The lowest BCUT2D eigenvalue weighted by Gasteiger charge is -1.96. The van der Waals surface area contributed by atoms with Crippen molar-refractivity contribution in [1.29, 1.82) is 5.41 Å². The van der Waals surface area contributed by atoms with Crippen molar-refractivity contribution in [3.05, 3.63) is 22.9 Å². The van der Waals surface area contributed by atoms with Crippen molar-refractivity contribution in [3.8, 4) is 0 Å². The Morgan fingerprint density at radius 2 is 1.70 bits per heavy atom. The number of nitrogens with two attached hydrogens (primary N) is 1. The van der Waals surface area contributed by atoms with Crippen molar-refractivity contribution in [2.24, 2.45) is 5.73 Å². The molecule has 2 heteroatoms.